The third kappa shape index (κ3) is 2.74. The molecule has 16 heavy (non-hydrogen) atoms. The molecular weight excluding hydrogens is 202 g/mol. The van der Waals surface area contributed by atoms with Gasteiger partial charge in [0, 0.05) is 12.0 Å². The van der Waals surface area contributed by atoms with Crippen LogP contribution in [0.3, 0.4) is 0 Å². The summed E-state index contributed by atoms with van der Waals surface area (Å²) in [6, 6.07) is 9.78. The lowest BCUT2D eigenvalue weighted by Gasteiger charge is -2.36. The topological polar surface area (TPSA) is 55.5 Å². The molecule has 1 aromatic carbocycles. The Kier molecular flexibility index (Phi) is 3.46. The van der Waals surface area contributed by atoms with Crippen molar-refractivity contribution in [3.8, 4) is 5.75 Å². The number of para-hydroxylation sites is 1. The van der Waals surface area contributed by atoms with Crippen molar-refractivity contribution in [2.45, 2.75) is 37.3 Å². The summed E-state index contributed by atoms with van der Waals surface area (Å²) >= 11 is 0. The lowest BCUT2D eigenvalue weighted by Crippen LogP contribution is -2.50. The molecule has 0 amide bonds. The molecule has 1 fully saturated rings. The third-order valence-corrected chi connectivity index (χ3v) is 3.20. The van der Waals surface area contributed by atoms with Gasteiger partial charge in [0.05, 0.1) is 6.61 Å². The van der Waals surface area contributed by atoms with Crippen molar-refractivity contribution in [1.29, 1.82) is 0 Å². The van der Waals surface area contributed by atoms with E-state index >= 15 is 0 Å². The molecule has 2 unspecified atom stereocenters. The van der Waals surface area contributed by atoms with Gasteiger partial charge in [0.15, 0.2) is 0 Å². The molecule has 2 rings (SSSR count). The third-order valence-electron chi connectivity index (χ3n) is 3.20. The Morgan fingerprint density at radius 3 is 2.81 bits per heavy atom. The summed E-state index contributed by atoms with van der Waals surface area (Å²) in [5, 5.41) is 9.25. The maximum absolute atomic E-state index is 9.25. The molecule has 1 aliphatic rings. The lowest BCUT2D eigenvalue weighted by atomic mass is 9.81. The van der Waals surface area contributed by atoms with Gasteiger partial charge in [0.1, 0.15) is 11.9 Å². The second kappa shape index (κ2) is 4.85. The average Bonchev–Trinajstić information content (AvgIpc) is 2.30. The second-order valence-corrected chi connectivity index (χ2v) is 4.67. The zero-order chi connectivity index (χ0) is 11.4. The molecule has 0 spiro atoms. The van der Waals surface area contributed by atoms with E-state index in [0.29, 0.717) is 0 Å². The van der Waals surface area contributed by atoms with E-state index in [1.54, 1.807) is 0 Å². The van der Waals surface area contributed by atoms with E-state index in [0.717, 1.165) is 31.4 Å². The van der Waals surface area contributed by atoms with Gasteiger partial charge in [-0.25, -0.2) is 0 Å². The first-order valence-corrected chi connectivity index (χ1v) is 5.83. The largest absolute Gasteiger partial charge is 0.490 e. The normalized spacial score (nSPS) is 30.0. The van der Waals surface area contributed by atoms with Crippen molar-refractivity contribution in [2.24, 2.45) is 5.73 Å². The smallest absolute Gasteiger partial charge is 0.119 e. The summed E-state index contributed by atoms with van der Waals surface area (Å²) in [6.07, 6.45) is 3.80. The number of aliphatic hydroxyl groups is 1. The fourth-order valence-corrected chi connectivity index (χ4v) is 2.28. The molecule has 2 atom stereocenters. The van der Waals surface area contributed by atoms with Crippen LogP contribution in [0.15, 0.2) is 30.3 Å². The van der Waals surface area contributed by atoms with Crippen molar-refractivity contribution in [3.05, 3.63) is 30.3 Å². The minimum atomic E-state index is -0.447. The molecule has 0 saturated heterocycles. The Labute approximate surface area is 96.2 Å². The molecule has 3 N–H and O–H groups in total. The minimum absolute atomic E-state index is 0.0433. The van der Waals surface area contributed by atoms with E-state index < -0.39 is 5.54 Å². The van der Waals surface area contributed by atoms with Gasteiger partial charge in [-0.1, -0.05) is 18.2 Å². The van der Waals surface area contributed by atoms with Crippen LogP contribution in [0.1, 0.15) is 25.7 Å². The Morgan fingerprint density at radius 2 is 2.12 bits per heavy atom. The standard InChI is InChI=1S/C13H19NO2/c14-13(10-15)8-4-7-12(9-13)16-11-5-2-1-3-6-11/h1-3,5-6,12,15H,4,7-10,14H2. The maximum Gasteiger partial charge on any atom is 0.119 e. The van der Waals surface area contributed by atoms with Gasteiger partial charge in [-0.3, -0.25) is 0 Å². The molecule has 1 aromatic rings. The summed E-state index contributed by atoms with van der Waals surface area (Å²) in [5.74, 6) is 0.884. The van der Waals surface area contributed by atoms with Crippen LogP contribution in [0.2, 0.25) is 0 Å². The van der Waals surface area contributed by atoms with E-state index in [-0.39, 0.29) is 12.7 Å². The molecule has 1 aliphatic carbocycles. The molecule has 0 bridgehead atoms. The zero-order valence-corrected chi connectivity index (χ0v) is 9.43. The summed E-state index contributed by atoms with van der Waals surface area (Å²) in [4.78, 5) is 0. The number of aliphatic hydroxyl groups excluding tert-OH is 1. The summed E-state index contributed by atoms with van der Waals surface area (Å²) < 4.78 is 5.86. The predicted molar refractivity (Wildman–Crippen MR) is 63.3 cm³/mol. The first kappa shape index (κ1) is 11.4. The highest BCUT2D eigenvalue weighted by molar-refractivity contribution is 5.21. The van der Waals surface area contributed by atoms with E-state index in [4.69, 9.17) is 10.5 Å². The van der Waals surface area contributed by atoms with Crippen molar-refractivity contribution >= 4 is 0 Å². The molecular formula is C13H19NO2. The number of hydrogen-bond acceptors (Lipinski definition) is 3. The monoisotopic (exact) mass is 221 g/mol. The summed E-state index contributed by atoms with van der Waals surface area (Å²) in [5.41, 5.74) is 5.63. The van der Waals surface area contributed by atoms with Crippen LogP contribution in [0.5, 0.6) is 5.75 Å². The van der Waals surface area contributed by atoms with E-state index in [1.807, 2.05) is 30.3 Å². The fourth-order valence-electron chi connectivity index (χ4n) is 2.28. The molecule has 0 heterocycles. The van der Waals surface area contributed by atoms with Gasteiger partial charge in [-0.15, -0.1) is 0 Å². The van der Waals surface area contributed by atoms with Crippen molar-refractivity contribution in [1.82, 2.24) is 0 Å². The highest BCUT2D eigenvalue weighted by Crippen LogP contribution is 2.28. The number of benzene rings is 1. The van der Waals surface area contributed by atoms with Crippen LogP contribution >= 0.6 is 0 Å². The average molecular weight is 221 g/mol. The molecule has 88 valence electrons. The Bertz CT molecular complexity index is 328. The van der Waals surface area contributed by atoms with Crippen molar-refractivity contribution in [3.63, 3.8) is 0 Å². The van der Waals surface area contributed by atoms with Crippen LogP contribution in [0.25, 0.3) is 0 Å². The van der Waals surface area contributed by atoms with E-state index in [9.17, 15) is 5.11 Å². The summed E-state index contributed by atoms with van der Waals surface area (Å²) in [7, 11) is 0. The van der Waals surface area contributed by atoms with Crippen molar-refractivity contribution in [2.75, 3.05) is 6.61 Å². The molecule has 0 aliphatic heterocycles. The first-order valence-electron chi connectivity index (χ1n) is 5.83. The van der Waals surface area contributed by atoms with Crippen LogP contribution in [-0.2, 0) is 0 Å². The van der Waals surface area contributed by atoms with Gasteiger partial charge >= 0.3 is 0 Å². The SMILES string of the molecule is NC1(CO)CCCC(Oc2ccccc2)C1. The van der Waals surface area contributed by atoms with Gasteiger partial charge in [-0.05, 0) is 31.4 Å². The fraction of sp³-hybridized carbons (Fsp3) is 0.538. The molecule has 0 aromatic heterocycles. The number of rotatable bonds is 3. The van der Waals surface area contributed by atoms with Gasteiger partial charge in [0.25, 0.3) is 0 Å². The molecule has 3 heteroatoms. The highest BCUT2D eigenvalue weighted by Gasteiger charge is 2.33. The van der Waals surface area contributed by atoms with Crippen LogP contribution < -0.4 is 10.5 Å². The second-order valence-electron chi connectivity index (χ2n) is 4.67. The van der Waals surface area contributed by atoms with Crippen LogP contribution in [0.4, 0.5) is 0 Å². The van der Waals surface area contributed by atoms with Crippen molar-refractivity contribution < 1.29 is 9.84 Å². The van der Waals surface area contributed by atoms with E-state index in [2.05, 4.69) is 0 Å². The minimum Gasteiger partial charge on any atom is -0.490 e. The predicted octanol–water partition coefficient (Wildman–Crippen LogP) is 1.70. The Balaban J connectivity index is 1.96. The summed E-state index contributed by atoms with van der Waals surface area (Å²) in [6.45, 7) is 0.0433. The molecule has 1 saturated carbocycles. The zero-order valence-electron chi connectivity index (χ0n) is 9.43. The Hall–Kier alpha value is -1.06. The number of hydrogen-bond donors (Lipinski definition) is 2. The highest BCUT2D eigenvalue weighted by atomic mass is 16.5. The lowest BCUT2D eigenvalue weighted by molar-refractivity contribution is 0.0729. The van der Waals surface area contributed by atoms with Gasteiger partial charge in [-0.2, -0.15) is 0 Å². The van der Waals surface area contributed by atoms with E-state index in [1.165, 1.54) is 0 Å². The molecule has 3 nitrogen and oxygen atoms in total. The van der Waals surface area contributed by atoms with Crippen LogP contribution in [0, 0.1) is 0 Å². The first-order chi connectivity index (χ1) is 7.72. The van der Waals surface area contributed by atoms with Crippen LogP contribution in [-0.4, -0.2) is 23.4 Å². The van der Waals surface area contributed by atoms with Gasteiger partial charge < -0.3 is 15.6 Å². The molecule has 0 radical (unpaired) electrons. The number of nitrogens with two attached hydrogens (primary N) is 1. The quantitative estimate of drug-likeness (QED) is 0.816. The number of ether oxygens (including phenoxy) is 1. The van der Waals surface area contributed by atoms with Gasteiger partial charge in [0.2, 0.25) is 0 Å². The Morgan fingerprint density at radius 1 is 1.38 bits per heavy atom. The maximum atomic E-state index is 9.25.